The third-order valence-electron chi connectivity index (χ3n) is 5.58. The van der Waals surface area contributed by atoms with E-state index in [0.717, 1.165) is 40.9 Å². The second kappa shape index (κ2) is 11.5. The minimum atomic E-state index is -0.932. The second-order valence-corrected chi connectivity index (χ2v) is 9.33. The van der Waals surface area contributed by atoms with Crippen LogP contribution in [0.25, 0.3) is 10.2 Å². The lowest BCUT2D eigenvalue weighted by molar-refractivity contribution is 0.0443. The molecule has 3 heterocycles. The maximum atomic E-state index is 14.8. The monoisotopic (exact) mass is 538 g/mol. The number of morpholine rings is 1. The molecule has 2 aromatic carbocycles. The Balaban J connectivity index is 1.25. The summed E-state index contributed by atoms with van der Waals surface area (Å²) in [7, 11) is 0. The summed E-state index contributed by atoms with van der Waals surface area (Å²) in [5.74, 6) is 4.29. The van der Waals surface area contributed by atoms with Gasteiger partial charge < -0.3 is 20.1 Å². The highest BCUT2D eigenvalue weighted by atomic mass is 32.1. The predicted molar refractivity (Wildman–Crippen MR) is 139 cm³/mol. The number of benzene rings is 2. The molecule has 0 saturated carbocycles. The molecule has 2 amide bonds. The van der Waals surface area contributed by atoms with Crippen LogP contribution in [-0.4, -0.2) is 48.8 Å². The first-order valence-corrected chi connectivity index (χ1v) is 12.4. The standard InChI is InChI=1S/C27H21F3N4O3S/c28-17-3-5-22(20(29)14-17)33-27(35)32-18-4-6-24(21(30)15-18)37-25-7-8-31-23-16-19(38-26(23)25)2-1-9-34-10-12-36-13-11-34/h3-8,14-16H,9-13H2,(H2,32,33,35). The number of pyridine rings is 1. The summed E-state index contributed by atoms with van der Waals surface area (Å²) in [5, 5.41) is 4.65. The number of aromatic nitrogens is 1. The van der Waals surface area contributed by atoms with Crippen molar-refractivity contribution in [1.82, 2.24) is 9.88 Å². The van der Waals surface area contributed by atoms with Crippen molar-refractivity contribution >= 4 is 39.0 Å². The van der Waals surface area contributed by atoms with E-state index in [1.165, 1.54) is 23.5 Å². The molecule has 0 aliphatic carbocycles. The molecule has 38 heavy (non-hydrogen) atoms. The molecular formula is C27H21F3N4O3S. The van der Waals surface area contributed by atoms with E-state index in [2.05, 4.69) is 32.4 Å². The maximum Gasteiger partial charge on any atom is 0.323 e. The van der Waals surface area contributed by atoms with Gasteiger partial charge in [-0.3, -0.25) is 9.88 Å². The number of hydrogen-bond donors (Lipinski definition) is 2. The SMILES string of the molecule is O=C(Nc1ccc(Oc2ccnc3cc(C#CCN4CCOCC4)sc23)c(F)c1)Nc1ccc(F)cc1F. The fourth-order valence-corrected chi connectivity index (χ4v) is 4.65. The van der Waals surface area contributed by atoms with E-state index in [4.69, 9.17) is 9.47 Å². The van der Waals surface area contributed by atoms with Gasteiger partial charge in [0.05, 0.1) is 40.5 Å². The highest BCUT2D eigenvalue weighted by Gasteiger charge is 2.14. The van der Waals surface area contributed by atoms with Gasteiger partial charge in [-0.2, -0.15) is 0 Å². The summed E-state index contributed by atoms with van der Waals surface area (Å²) >= 11 is 1.40. The molecular weight excluding hydrogens is 517 g/mol. The van der Waals surface area contributed by atoms with Gasteiger partial charge in [0, 0.05) is 43.2 Å². The number of carbonyl (C=O) groups is 1. The van der Waals surface area contributed by atoms with Crippen LogP contribution in [0, 0.1) is 29.3 Å². The molecule has 194 valence electrons. The van der Waals surface area contributed by atoms with E-state index >= 15 is 0 Å². The first-order valence-electron chi connectivity index (χ1n) is 11.6. The number of amides is 2. The molecule has 0 atom stereocenters. The average molecular weight is 539 g/mol. The van der Waals surface area contributed by atoms with Crippen molar-refractivity contribution in [2.45, 2.75) is 0 Å². The van der Waals surface area contributed by atoms with Crippen LogP contribution in [0.4, 0.5) is 29.3 Å². The van der Waals surface area contributed by atoms with Crippen molar-refractivity contribution < 1.29 is 27.4 Å². The Morgan fingerprint density at radius 3 is 2.66 bits per heavy atom. The van der Waals surface area contributed by atoms with Crippen molar-refractivity contribution in [2.24, 2.45) is 0 Å². The molecule has 1 saturated heterocycles. The van der Waals surface area contributed by atoms with E-state index in [9.17, 15) is 18.0 Å². The largest absolute Gasteiger partial charge is 0.453 e. The number of ether oxygens (including phenoxy) is 2. The third kappa shape index (κ3) is 6.23. The van der Waals surface area contributed by atoms with Crippen molar-refractivity contribution in [3.63, 3.8) is 0 Å². The van der Waals surface area contributed by atoms with E-state index in [-0.39, 0.29) is 17.1 Å². The van der Waals surface area contributed by atoms with E-state index < -0.39 is 23.5 Å². The number of rotatable bonds is 5. The van der Waals surface area contributed by atoms with Gasteiger partial charge in [0.2, 0.25) is 0 Å². The smallest absolute Gasteiger partial charge is 0.323 e. The van der Waals surface area contributed by atoms with Gasteiger partial charge in [0.15, 0.2) is 11.6 Å². The highest BCUT2D eigenvalue weighted by molar-refractivity contribution is 7.19. The molecule has 0 spiro atoms. The molecule has 1 fully saturated rings. The number of urea groups is 1. The molecule has 1 aliphatic heterocycles. The Morgan fingerprint density at radius 2 is 1.87 bits per heavy atom. The summed E-state index contributed by atoms with van der Waals surface area (Å²) < 4.78 is 53.5. The van der Waals surface area contributed by atoms with Crippen molar-refractivity contribution in [3.8, 4) is 23.3 Å². The number of nitrogens with one attached hydrogen (secondary N) is 2. The number of thiophene rings is 1. The first kappa shape index (κ1) is 25.5. The lowest BCUT2D eigenvalue weighted by Gasteiger charge is -2.24. The van der Waals surface area contributed by atoms with Crippen LogP contribution < -0.4 is 15.4 Å². The number of hydrogen-bond acceptors (Lipinski definition) is 6. The van der Waals surface area contributed by atoms with Crippen LogP contribution in [0.15, 0.2) is 54.7 Å². The number of halogens is 3. The fourth-order valence-electron chi connectivity index (χ4n) is 3.71. The Morgan fingerprint density at radius 1 is 1.03 bits per heavy atom. The van der Waals surface area contributed by atoms with Crippen LogP contribution in [0.5, 0.6) is 11.5 Å². The van der Waals surface area contributed by atoms with Gasteiger partial charge >= 0.3 is 6.03 Å². The van der Waals surface area contributed by atoms with Crippen LogP contribution in [0.2, 0.25) is 0 Å². The van der Waals surface area contributed by atoms with Crippen LogP contribution >= 0.6 is 11.3 Å². The first-order chi connectivity index (χ1) is 18.4. The van der Waals surface area contributed by atoms with Gasteiger partial charge in [-0.15, -0.1) is 11.3 Å². The van der Waals surface area contributed by atoms with Crippen LogP contribution in [0.3, 0.4) is 0 Å². The lowest BCUT2D eigenvalue weighted by Crippen LogP contribution is -2.36. The number of carbonyl (C=O) groups excluding carboxylic acids is 1. The average Bonchev–Trinajstić information content (AvgIpc) is 3.32. The molecule has 5 rings (SSSR count). The predicted octanol–water partition coefficient (Wildman–Crippen LogP) is 5.83. The number of fused-ring (bicyclic) bond motifs is 1. The molecule has 7 nitrogen and oxygen atoms in total. The molecule has 4 aromatic rings. The minimum absolute atomic E-state index is 0.0543. The zero-order chi connectivity index (χ0) is 26.5. The second-order valence-electron chi connectivity index (χ2n) is 8.27. The quantitative estimate of drug-likeness (QED) is 0.313. The zero-order valence-corrected chi connectivity index (χ0v) is 20.7. The minimum Gasteiger partial charge on any atom is -0.453 e. The molecule has 0 unspecified atom stereocenters. The summed E-state index contributed by atoms with van der Waals surface area (Å²) in [6, 6.07) is 9.31. The Hall–Kier alpha value is -4.11. The molecule has 1 aliphatic rings. The lowest BCUT2D eigenvalue weighted by atomic mass is 10.2. The zero-order valence-electron chi connectivity index (χ0n) is 19.9. The summed E-state index contributed by atoms with van der Waals surface area (Å²) in [6.45, 7) is 3.80. The van der Waals surface area contributed by atoms with Crippen molar-refractivity contribution in [3.05, 3.63) is 77.1 Å². The number of anilines is 2. The van der Waals surface area contributed by atoms with Crippen LogP contribution in [-0.2, 0) is 4.74 Å². The van der Waals surface area contributed by atoms with Crippen molar-refractivity contribution in [2.75, 3.05) is 43.5 Å². The normalized spacial score (nSPS) is 13.6. The van der Waals surface area contributed by atoms with Gasteiger partial charge in [-0.05, 0) is 30.3 Å². The van der Waals surface area contributed by atoms with Crippen LogP contribution in [0.1, 0.15) is 4.88 Å². The fraction of sp³-hybridized carbons (Fsp3) is 0.185. The molecule has 0 bridgehead atoms. The van der Waals surface area contributed by atoms with E-state index in [1.807, 2.05) is 6.07 Å². The third-order valence-corrected chi connectivity index (χ3v) is 6.64. The maximum absolute atomic E-state index is 14.8. The topological polar surface area (TPSA) is 75.7 Å². The summed E-state index contributed by atoms with van der Waals surface area (Å²) in [5.41, 5.74) is 0.586. The molecule has 2 N–H and O–H groups in total. The van der Waals surface area contributed by atoms with Gasteiger partial charge in [-0.1, -0.05) is 11.8 Å². The highest BCUT2D eigenvalue weighted by Crippen LogP contribution is 2.36. The summed E-state index contributed by atoms with van der Waals surface area (Å²) in [4.78, 5) is 19.6. The van der Waals surface area contributed by atoms with Gasteiger partial charge in [0.25, 0.3) is 0 Å². The van der Waals surface area contributed by atoms with Crippen molar-refractivity contribution in [1.29, 1.82) is 0 Å². The molecule has 0 radical (unpaired) electrons. The summed E-state index contributed by atoms with van der Waals surface area (Å²) in [6.07, 6.45) is 1.57. The van der Waals surface area contributed by atoms with Gasteiger partial charge in [0.1, 0.15) is 17.4 Å². The Labute approximate surface area is 220 Å². The molecule has 2 aromatic heterocycles. The van der Waals surface area contributed by atoms with E-state index in [0.29, 0.717) is 37.1 Å². The Kier molecular flexibility index (Phi) is 7.74. The van der Waals surface area contributed by atoms with Gasteiger partial charge in [-0.25, -0.2) is 18.0 Å². The molecule has 11 heteroatoms. The Bertz CT molecular complexity index is 1540. The number of nitrogens with zero attached hydrogens (tertiary/aromatic N) is 2. The van der Waals surface area contributed by atoms with E-state index in [1.54, 1.807) is 12.3 Å².